The van der Waals surface area contributed by atoms with E-state index >= 15 is 0 Å². The largest absolute Gasteiger partial charge is 0.456 e. The molecule has 318 valence electrons. The molecule has 0 saturated carbocycles. The summed E-state index contributed by atoms with van der Waals surface area (Å²) >= 11 is 0. The van der Waals surface area contributed by atoms with E-state index < -0.39 is 6.17 Å². The Morgan fingerprint density at radius 1 is 0.493 bits per heavy atom. The van der Waals surface area contributed by atoms with Gasteiger partial charge < -0.3 is 13.9 Å². The van der Waals surface area contributed by atoms with E-state index in [0.717, 1.165) is 88.6 Å². The molecule has 0 fully saturated rings. The summed E-state index contributed by atoms with van der Waals surface area (Å²) in [5.41, 5.74) is 16.6. The average Bonchev–Trinajstić information content (AvgIpc) is 4.10. The molecule has 1 unspecified atom stereocenters. The fourth-order valence-electron chi connectivity index (χ4n) is 11.5. The van der Waals surface area contributed by atoms with Crippen LogP contribution in [0, 0.1) is 0 Å². The fraction of sp³-hybridized carbons (Fsp3) is 0.0820. The van der Waals surface area contributed by atoms with Crippen molar-refractivity contribution < 1.29 is 4.42 Å². The number of aliphatic imine (C=N–C) groups is 2. The van der Waals surface area contributed by atoms with Crippen LogP contribution in [0.3, 0.4) is 0 Å². The molecule has 0 amide bonds. The molecule has 6 nitrogen and oxygen atoms in total. The number of nitrogens with zero attached hydrogens (tertiary/aromatic N) is 5. The van der Waals surface area contributed by atoms with Crippen molar-refractivity contribution in [2.45, 2.75) is 25.4 Å². The Morgan fingerprint density at radius 3 is 1.90 bits per heavy atom. The topological polar surface area (TPSA) is 51.0 Å². The van der Waals surface area contributed by atoms with Crippen LogP contribution in [0.2, 0.25) is 0 Å². The zero-order valence-corrected chi connectivity index (χ0v) is 37.3. The van der Waals surface area contributed by atoms with E-state index in [9.17, 15) is 0 Å². The van der Waals surface area contributed by atoms with Gasteiger partial charge in [-0.3, -0.25) is 4.57 Å². The predicted molar refractivity (Wildman–Crippen MR) is 277 cm³/mol. The molecule has 1 aliphatic heterocycles. The van der Waals surface area contributed by atoms with Gasteiger partial charge >= 0.3 is 0 Å². The first-order chi connectivity index (χ1) is 32.9. The third-order valence-electron chi connectivity index (χ3n) is 14.6. The van der Waals surface area contributed by atoms with Crippen LogP contribution in [0.15, 0.2) is 215 Å². The van der Waals surface area contributed by atoms with Crippen molar-refractivity contribution in [1.82, 2.24) is 14.0 Å². The van der Waals surface area contributed by atoms with Crippen molar-refractivity contribution in [1.29, 1.82) is 0 Å². The summed E-state index contributed by atoms with van der Waals surface area (Å²) in [5.74, 6) is 1.51. The Bertz CT molecular complexity index is 4110. The normalized spacial score (nSPS) is 15.5. The van der Waals surface area contributed by atoms with Gasteiger partial charge in [0, 0.05) is 56.0 Å². The van der Waals surface area contributed by atoms with Crippen LogP contribution < -0.4 is 0 Å². The molecule has 12 aromatic rings. The monoisotopic (exact) mass is 861 g/mol. The van der Waals surface area contributed by atoms with Crippen LogP contribution >= 0.6 is 0 Å². The Labute approximate surface area is 387 Å². The predicted octanol–water partition coefficient (Wildman–Crippen LogP) is 15.1. The number of para-hydroxylation sites is 4. The van der Waals surface area contributed by atoms with Crippen molar-refractivity contribution in [2.75, 3.05) is 7.05 Å². The van der Waals surface area contributed by atoms with Gasteiger partial charge in [0.25, 0.3) is 0 Å². The summed E-state index contributed by atoms with van der Waals surface area (Å²) in [4.78, 5) is 13.9. The highest BCUT2D eigenvalue weighted by Gasteiger charge is 2.39. The first-order valence-corrected chi connectivity index (χ1v) is 23.1. The summed E-state index contributed by atoms with van der Waals surface area (Å²) in [6.45, 7) is 4.68. The van der Waals surface area contributed by atoms with Gasteiger partial charge in [-0.2, -0.15) is 4.99 Å². The summed E-state index contributed by atoms with van der Waals surface area (Å²) in [5, 5.41) is 6.90. The second-order valence-electron chi connectivity index (χ2n) is 18.5. The quantitative estimate of drug-likeness (QED) is 0.177. The molecule has 1 atom stereocenters. The maximum absolute atomic E-state index is 6.38. The minimum Gasteiger partial charge on any atom is -0.456 e. The minimum absolute atomic E-state index is 0.179. The lowest BCUT2D eigenvalue weighted by Crippen LogP contribution is -2.37. The number of amidine groups is 1. The molecule has 2 aliphatic rings. The summed E-state index contributed by atoms with van der Waals surface area (Å²) in [6.07, 6.45) is -0.432. The zero-order chi connectivity index (χ0) is 44.5. The van der Waals surface area contributed by atoms with Gasteiger partial charge in [-0.25, -0.2) is 4.99 Å². The van der Waals surface area contributed by atoms with Crippen LogP contribution in [0.5, 0.6) is 0 Å². The minimum atomic E-state index is -0.432. The Kier molecular flexibility index (Phi) is 7.92. The molecule has 6 heteroatoms. The second-order valence-corrected chi connectivity index (χ2v) is 18.5. The van der Waals surface area contributed by atoms with Gasteiger partial charge in [-0.15, -0.1) is 0 Å². The van der Waals surface area contributed by atoms with Crippen LogP contribution in [-0.4, -0.2) is 32.9 Å². The third kappa shape index (κ3) is 5.32. The average molecular weight is 862 g/mol. The number of hydrogen-bond donors (Lipinski definition) is 0. The van der Waals surface area contributed by atoms with Crippen LogP contribution in [0.4, 0.5) is 0 Å². The van der Waals surface area contributed by atoms with Gasteiger partial charge in [-0.05, 0) is 81.4 Å². The smallest absolute Gasteiger partial charge is 0.234 e. The maximum atomic E-state index is 6.38. The van der Waals surface area contributed by atoms with E-state index in [4.69, 9.17) is 14.4 Å². The van der Waals surface area contributed by atoms with Crippen molar-refractivity contribution in [3.8, 4) is 27.9 Å². The van der Waals surface area contributed by atoms with Crippen LogP contribution in [0.1, 0.15) is 42.3 Å². The number of rotatable bonds is 4. The van der Waals surface area contributed by atoms with Crippen molar-refractivity contribution >= 4 is 77.3 Å². The van der Waals surface area contributed by atoms with Gasteiger partial charge in [0.15, 0.2) is 6.17 Å². The SMILES string of the molecule is CN1C(c2cccc3c2-c2ccccc2C3(C)C)=NC(n2c3ccccc3c3ccc4c5ccccc5n(-c5ccccc5)c4c32)=NC1c1cccc(-c2cccc3oc4ccccc4c23)c1. The van der Waals surface area contributed by atoms with Gasteiger partial charge in [-0.1, -0.05) is 172 Å². The van der Waals surface area contributed by atoms with Gasteiger partial charge in [0.1, 0.15) is 17.0 Å². The fourth-order valence-corrected chi connectivity index (χ4v) is 11.5. The van der Waals surface area contributed by atoms with E-state index in [1.165, 1.54) is 33.0 Å². The Morgan fingerprint density at radius 2 is 1.09 bits per heavy atom. The third-order valence-corrected chi connectivity index (χ3v) is 14.6. The molecule has 0 saturated heterocycles. The first-order valence-electron chi connectivity index (χ1n) is 23.1. The van der Waals surface area contributed by atoms with Crippen LogP contribution in [-0.2, 0) is 5.41 Å². The summed E-state index contributed by atoms with van der Waals surface area (Å²) in [7, 11) is 2.16. The molecule has 9 aromatic carbocycles. The lowest BCUT2D eigenvalue weighted by atomic mass is 9.82. The standard InChI is InChI=1S/C61H43N5O/c1-61(2)48-28-11-7-24-45(48)54-47(27-16-29-49(54)61)59-63-60(62-58(64(59)3)38-19-15-18-37(36-38)40-26-17-33-53-55(40)46-25-10-14-32-52(46)67-53)66-51-31-13-9-23-42(51)44-35-34-43-41-22-8-12-30-50(41)65(56(43)57(44)66)39-20-5-4-6-21-39/h4-36,58H,1-3H3. The molecule has 1 aliphatic carbocycles. The zero-order valence-electron chi connectivity index (χ0n) is 37.3. The van der Waals surface area contributed by atoms with E-state index in [1.54, 1.807) is 0 Å². The van der Waals surface area contributed by atoms with Crippen molar-refractivity contribution in [3.05, 3.63) is 222 Å². The number of hydrogen-bond acceptors (Lipinski definition) is 4. The first kappa shape index (κ1) is 37.9. The highest BCUT2D eigenvalue weighted by molar-refractivity contribution is 6.27. The molecular weight excluding hydrogens is 819 g/mol. The Hall–Kier alpha value is -8.48. The van der Waals surface area contributed by atoms with Crippen LogP contribution in [0.25, 0.3) is 93.5 Å². The van der Waals surface area contributed by atoms with Crippen molar-refractivity contribution in [2.24, 2.45) is 9.98 Å². The number of benzene rings is 9. The molecule has 14 rings (SSSR count). The molecule has 3 aromatic heterocycles. The number of aromatic nitrogens is 2. The maximum Gasteiger partial charge on any atom is 0.234 e. The molecule has 0 radical (unpaired) electrons. The molecular formula is C61H43N5O. The van der Waals surface area contributed by atoms with E-state index in [0.29, 0.717) is 5.96 Å². The summed E-state index contributed by atoms with van der Waals surface area (Å²) in [6, 6.07) is 72.0. The van der Waals surface area contributed by atoms with E-state index in [2.05, 4.69) is 223 Å². The second kappa shape index (κ2) is 14.0. The number of fused-ring (bicyclic) bond motifs is 13. The lowest BCUT2D eigenvalue weighted by molar-refractivity contribution is 0.381. The van der Waals surface area contributed by atoms with E-state index in [-0.39, 0.29) is 5.41 Å². The highest BCUT2D eigenvalue weighted by atomic mass is 16.3. The van der Waals surface area contributed by atoms with Crippen molar-refractivity contribution in [3.63, 3.8) is 0 Å². The van der Waals surface area contributed by atoms with E-state index in [1.807, 2.05) is 12.1 Å². The summed E-state index contributed by atoms with van der Waals surface area (Å²) < 4.78 is 11.1. The molecule has 67 heavy (non-hydrogen) atoms. The van der Waals surface area contributed by atoms with Gasteiger partial charge in [0.05, 0.1) is 22.1 Å². The molecule has 0 N–H and O–H groups in total. The van der Waals surface area contributed by atoms with Gasteiger partial charge in [0.2, 0.25) is 5.96 Å². The molecule has 0 spiro atoms. The molecule has 0 bridgehead atoms. The Balaban J connectivity index is 1.07. The molecule has 4 heterocycles. The number of furan rings is 1. The lowest BCUT2D eigenvalue weighted by Gasteiger charge is -2.33. The highest BCUT2D eigenvalue weighted by Crippen LogP contribution is 2.51.